The van der Waals surface area contributed by atoms with E-state index < -0.39 is 0 Å². The van der Waals surface area contributed by atoms with E-state index in [2.05, 4.69) is 122 Å². The highest BCUT2D eigenvalue weighted by Crippen LogP contribution is 2.53. The summed E-state index contributed by atoms with van der Waals surface area (Å²) < 4.78 is 9.49. The normalized spacial score (nSPS) is 13.3. The molecule has 0 fully saturated rings. The zero-order valence-corrected chi connectivity index (χ0v) is 24.5. The lowest BCUT2D eigenvalue weighted by atomic mass is 9.81. The van der Waals surface area contributed by atoms with Gasteiger partial charge in [-0.25, -0.2) is 4.57 Å². The summed E-state index contributed by atoms with van der Waals surface area (Å²) in [6.07, 6.45) is 4.20. The fourth-order valence-electron chi connectivity index (χ4n) is 6.44. The van der Waals surface area contributed by atoms with Gasteiger partial charge in [-0.3, -0.25) is 0 Å². The molecular weight excluding hydrogens is 462 g/mol. The van der Waals surface area contributed by atoms with Crippen LogP contribution < -0.4 is 9.30 Å². The van der Waals surface area contributed by atoms with Crippen LogP contribution in [0.1, 0.15) is 63.8 Å². The molecule has 0 bridgehead atoms. The molecule has 0 aliphatic carbocycles. The number of nitrogens with zero attached hydrogens (tertiary/aromatic N) is 1. The van der Waals surface area contributed by atoms with E-state index in [4.69, 9.17) is 4.74 Å². The zero-order valence-electron chi connectivity index (χ0n) is 24.5. The lowest BCUT2D eigenvalue weighted by molar-refractivity contribution is -0.659. The molecule has 2 nitrogen and oxygen atoms in total. The Bertz CT molecular complexity index is 1780. The van der Waals surface area contributed by atoms with Crippen LogP contribution in [0.25, 0.3) is 43.6 Å². The van der Waals surface area contributed by atoms with Gasteiger partial charge in [0.25, 0.3) is 0 Å². The maximum Gasteiger partial charge on any atom is 0.228 e. The highest BCUT2D eigenvalue weighted by molar-refractivity contribution is 6.13. The van der Waals surface area contributed by atoms with E-state index in [-0.39, 0.29) is 10.8 Å². The van der Waals surface area contributed by atoms with Crippen molar-refractivity contribution in [3.63, 3.8) is 0 Å². The molecule has 194 valence electrons. The van der Waals surface area contributed by atoms with Crippen LogP contribution in [0.5, 0.6) is 11.5 Å². The van der Waals surface area contributed by atoms with Crippen molar-refractivity contribution in [2.45, 2.75) is 68.2 Å². The van der Waals surface area contributed by atoms with E-state index in [0.717, 1.165) is 24.3 Å². The molecule has 0 unspecified atom stereocenters. The molecule has 5 aromatic rings. The Kier molecular flexibility index (Phi) is 5.44. The minimum atomic E-state index is 0.124. The predicted molar refractivity (Wildman–Crippen MR) is 161 cm³/mol. The van der Waals surface area contributed by atoms with Crippen LogP contribution in [-0.4, -0.2) is 0 Å². The van der Waals surface area contributed by atoms with E-state index in [0.29, 0.717) is 0 Å². The van der Waals surface area contributed by atoms with E-state index >= 15 is 0 Å². The van der Waals surface area contributed by atoms with Crippen LogP contribution in [-0.2, 0) is 19.9 Å². The largest absolute Gasteiger partial charge is 0.455 e. The second kappa shape index (κ2) is 8.30. The molecule has 0 saturated heterocycles. The highest BCUT2D eigenvalue weighted by atomic mass is 16.5. The molecule has 2 heterocycles. The first-order valence-electron chi connectivity index (χ1n) is 13.9. The van der Waals surface area contributed by atoms with Crippen LogP contribution in [0.15, 0.2) is 54.7 Å². The Balaban J connectivity index is 1.77. The van der Waals surface area contributed by atoms with Gasteiger partial charge in [-0.2, -0.15) is 0 Å². The van der Waals surface area contributed by atoms with Gasteiger partial charge in [0.15, 0.2) is 6.20 Å². The maximum atomic E-state index is 7.20. The molecule has 0 saturated carbocycles. The number of hydrogen-bond donors (Lipinski definition) is 0. The quantitative estimate of drug-likeness (QED) is 0.170. The number of aryl methyl sites for hydroxylation is 3. The Hall–Kier alpha value is -3.39. The Morgan fingerprint density at radius 2 is 1.42 bits per heavy atom. The fourth-order valence-corrected chi connectivity index (χ4v) is 6.44. The molecule has 0 amide bonds. The van der Waals surface area contributed by atoms with Crippen molar-refractivity contribution < 1.29 is 9.30 Å². The summed E-state index contributed by atoms with van der Waals surface area (Å²) in [5.74, 6) is 2.05. The summed E-state index contributed by atoms with van der Waals surface area (Å²) in [6, 6.07) is 18.2. The van der Waals surface area contributed by atoms with Crippen molar-refractivity contribution in [1.82, 2.24) is 0 Å². The molecular formula is C36H40NO+. The number of hydrogen-bond acceptors (Lipinski definition) is 1. The summed E-state index contributed by atoms with van der Waals surface area (Å²) in [4.78, 5) is 0. The summed E-state index contributed by atoms with van der Waals surface area (Å²) in [7, 11) is 2.18. The zero-order chi connectivity index (χ0) is 27.1. The first-order valence-corrected chi connectivity index (χ1v) is 13.9. The maximum absolute atomic E-state index is 7.20. The molecule has 0 spiro atoms. The molecule has 0 N–H and O–H groups in total. The van der Waals surface area contributed by atoms with Crippen LogP contribution >= 0.6 is 0 Å². The molecule has 1 aliphatic heterocycles. The second-order valence-electron chi connectivity index (χ2n) is 13.9. The van der Waals surface area contributed by atoms with Crippen LogP contribution in [0.3, 0.4) is 0 Å². The summed E-state index contributed by atoms with van der Waals surface area (Å²) in [5, 5.41) is 7.55. The van der Waals surface area contributed by atoms with E-state index in [1.54, 1.807) is 0 Å². The number of pyridine rings is 1. The SMILES string of the molecule is Cc1cc2cc3cc[n+](C)c4c3c(c2cc1CC(C)(C)C)Oc1c-4c(C)c2ccccc2c1CC(C)(C)C. The smallest absolute Gasteiger partial charge is 0.228 e. The second-order valence-corrected chi connectivity index (χ2v) is 13.9. The number of aromatic nitrogens is 1. The van der Waals surface area contributed by atoms with Crippen LogP contribution in [0.4, 0.5) is 0 Å². The van der Waals surface area contributed by atoms with Gasteiger partial charge in [0.05, 0.1) is 10.9 Å². The van der Waals surface area contributed by atoms with Crippen molar-refractivity contribution in [3.05, 3.63) is 77.0 Å². The molecule has 1 aliphatic rings. The molecule has 1 aromatic heterocycles. The Labute approximate surface area is 227 Å². The number of fused-ring (bicyclic) bond motifs is 5. The number of benzene rings is 4. The van der Waals surface area contributed by atoms with Gasteiger partial charge in [-0.05, 0) is 87.9 Å². The van der Waals surface area contributed by atoms with Gasteiger partial charge < -0.3 is 4.74 Å². The van der Waals surface area contributed by atoms with Crippen molar-refractivity contribution in [2.75, 3.05) is 0 Å². The molecule has 2 heteroatoms. The minimum Gasteiger partial charge on any atom is -0.455 e. The standard InChI is InChI=1S/C36H40NO/c1-21-16-24-17-23-14-15-37(9)32-30-22(2)26-12-10-11-13-27(26)29(20-36(6,7)8)34(30)38-33(31(23)32)28(24)18-25(21)19-35(3,4)5/h10-18H,19-20H2,1-9H3/q+1. The predicted octanol–water partition coefficient (Wildman–Crippen LogP) is 9.54. The fraction of sp³-hybridized carbons (Fsp3) is 0.361. The lowest BCUT2D eigenvalue weighted by Gasteiger charge is -2.29. The molecule has 6 rings (SSSR count). The van der Waals surface area contributed by atoms with E-state index in [9.17, 15) is 0 Å². The van der Waals surface area contributed by atoms with Gasteiger partial charge >= 0.3 is 0 Å². The van der Waals surface area contributed by atoms with Crippen molar-refractivity contribution >= 4 is 32.3 Å². The van der Waals surface area contributed by atoms with Gasteiger partial charge in [0.2, 0.25) is 5.69 Å². The van der Waals surface area contributed by atoms with Gasteiger partial charge in [-0.1, -0.05) is 71.9 Å². The molecule has 0 radical (unpaired) electrons. The average Bonchev–Trinajstić information content (AvgIpc) is 2.82. The molecule has 38 heavy (non-hydrogen) atoms. The van der Waals surface area contributed by atoms with Crippen molar-refractivity contribution in [1.29, 1.82) is 0 Å². The first-order chi connectivity index (χ1) is 17.8. The number of rotatable bonds is 2. The third-order valence-electron chi connectivity index (χ3n) is 8.05. The monoisotopic (exact) mass is 502 g/mol. The van der Waals surface area contributed by atoms with Gasteiger partial charge in [0.1, 0.15) is 18.5 Å². The minimum absolute atomic E-state index is 0.124. The Morgan fingerprint density at radius 1 is 0.737 bits per heavy atom. The van der Waals surface area contributed by atoms with Crippen molar-refractivity contribution in [2.24, 2.45) is 17.9 Å². The first kappa shape index (κ1) is 24.9. The van der Waals surface area contributed by atoms with Crippen molar-refractivity contribution in [3.8, 4) is 22.8 Å². The lowest BCUT2D eigenvalue weighted by Crippen LogP contribution is -2.32. The van der Waals surface area contributed by atoms with E-state index in [1.165, 1.54) is 65.8 Å². The van der Waals surface area contributed by atoms with E-state index in [1.807, 2.05) is 0 Å². The van der Waals surface area contributed by atoms with Crippen LogP contribution in [0.2, 0.25) is 0 Å². The third-order valence-corrected chi connectivity index (χ3v) is 8.05. The third kappa shape index (κ3) is 3.97. The molecule has 4 aromatic carbocycles. The van der Waals surface area contributed by atoms with Gasteiger partial charge in [0, 0.05) is 17.0 Å². The van der Waals surface area contributed by atoms with Crippen LogP contribution in [0, 0.1) is 24.7 Å². The summed E-state index contributed by atoms with van der Waals surface area (Å²) in [6.45, 7) is 18.4. The summed E-state index contributed by atoms with van der Waals surface area (Å²) >= 11 is 0. The average molecular weight is 503 g/mol. The van der Waals surface area contributed by atoms with Gasteiger partial charge in [-0.15, -0.1) is 0 Å². The highest BCUT2D eigenvalue weighted by Gasteiger charge is 2.34. The number of ether oxygens (including phenoxy) is 1. The molecule has 0 atom stereocenters. The summed E-state index contributed by atoms with van der Waals surface area (Å²) in [5.41, 5.74) is 8.21. The Morgan fingerprint density at radius 3 is 2.11 bits per heavy atom. The topological polar surface area (TPSA) is 13.1 Å².